The van der Waals surface area contributed by atoms with Crippen molar-refractivity contribution in [1.29, 1.82) is 0 Å². The molecule has 0 unspecified atom stereocenters. The summed E-state index contributed by atoms with van der Waals surface area (Å²) >= 11 is 0. The van der Waals surface area contributed by atoms with Gasteiger partial charge in [-0.05, 0) is 26.2 Å². The molecule has 7 heteroatoms. The van der Waals surface area contributed by atoms with Gasteiger partial charge in [-0.2, -0.15) is 0 Å². The predicted octanol–water partition coefficient (Wildman–Crippen LogP) is 0.895. The van der Waals surface area contributed by atoms with E-state index in [1.165, 1.54) is 0 Å². The van der Waals surface area contributed by atoms with Crippen molar-refractivity contribution >= 4 is 21.5 Å². The minimum atomic E-state index is -3.71. The fourth-order valence-corrected chi connectivity index (χ4v) is 1.92. The van der Waals surface area contributed by atoms with Crippen LogP contribution in [0, 0.1) is 0 Å². The van der Waals surface area contributed by atoms with Gasteiger partial charge in [0.25, 0.3) is 0 Å². The van der Waals surface area contributed by atoms with Crippen LogP contribution in [-0.2, 0) is 14.6 Å². The maximum atomic E-state index is 11.4. The molecule has 94 valence electrons. The highest BCUT2D eigenvalue weighted by Crippen LogP contribution is 2.23. The molecule has 0 aliphatic rings. The van der Waals surface area contributed by atoms with Crippen molar-refractivity contribution in [3.05, 3.63) is 0 Å². The van der Waals surface area contributed by atoms with Gasteiger partial charge in [0.15, 0.2) is 14.6 Å². The van der Waals surface area contributed by atoms with Gasteiger partial charge < -0.3 is 10.3 Å². The first-order chi connectivity index (χ1) is 7.19. The third kappa shape index (κ3) is 3.19. The lowest BCUT2D eigenvalue weighted by molar-refractivity contribution is -0.139. The molecule has 0 bridgehead atoms. The Kier molecular flexibility index (Phi) is 4.92. The number of carboxylic acids is 1. The van der Waals surface area contributed by atoms with Crippen molar-refractivity contribution in [3.63, 3.8) is 0 Å². The second kappa shape index (κ2) is 5.29. The third-order valence-corrected chi connectivity index (χ3v) is 4.73. The van der Waals surface area contributed by atoms with Crippen molar-refractivity contribution in [1.82, 2.24) is 0 Å². The largest absolute Gasteiger partial charge is 0.480 e. The fraction of sp³-hybridized carbons (Fsp3) is 0.778. The summed E-state index contributed by atoms with van der Waals surface area (Å²) in [5.74, 6) is -1.39. The van der Waals surface area contributed by atoms with E-state index in [0.29, 0.717) is 12.1 Å². The molecule has 0 heterocycles. The van der Waals surface area contributed by atoms with E-state index in [0.717, 1.165) is 13.2 Å². The summed E-state index contributed by atoms with van der Waals surface area (Å²) in [5, 5.41) is 20.5. The molecule has 0 saturated heterocycles. The van der Waals surface area contributed by atoms with E-state index < -0.39 is 20.6 Å². The van der Waals surface area contributed by atoms with E-state index in [1.54, 1.807) is 6.92 Å². The lowest BCUT2D eigenvalue weighted by Crippen LogP contribution is -2.43. The monoisotopic (exact) mass is 251 g/mol. The van der Waals surface area contributed by atoms with Crippen LogP contribution in [0.4, 0.5) is 0 Å². The summed E-state index contributed by atoms with van der Waals surface area (Å²) in [6.45, 7) is 2.91. The molecule has 0 aliphatic carbocycles. The maximum Gasteiger partial charge on any atom is 0.324 e. The molecule has 0 saturated carbocycles. The van der Waals surface area contributed by atoms with Gasteiger partial charge in [-0.1, -0.05) is 12.1 Å². The highest BCUT2D eigenvalue weighted by Gasteiger charge is 2.43. The zero-order valence-electron chi connectivity index (χ0n) is 9.60. The molecule has 2 N–H and O–H groups in total. The van der Waals surface area contributed by atoms with Crippen LogP contribution in [0.5, 0.6) is 0 Å². The maximum absolute atomic E-state index is 11.4. The van der Waals surface area contributed by atoms with Gasteiger partial charge in [0.2, 0.25) is 0 Å². The Balaban J connectivity index is 4.94. The van der Waals surface area contributed by atoms with Gasteiger partial charge in [-0.3, -0.25) is 4.79 Å². The van der Waals surface area contributed by atoms with Crippen LogP contribution in [0.25, 0.3) is 0 Å². The summed E-state index contributed by atoms with van der Waals surface area (Å²) in [4.78, 5) is 11.0. The van der Waals surface area contributed by atoms with Gasteiger partial charge in [0.05, 0.1) is 5.71 Å². The molecule has 0 radical (unpaired) electrons. The van der Waals surface area contributed by atoms with Gasteiger partial charge in [0, 0.05) is 6.26 Å². The van der Waals surface area contributed by atoms with Crippen LogP contribution in [0.15, 0.2) is 5.16 Å². The zero-order chi connectivity index (χ0) is 13.0. The number of oxime groups is 1. The molecule has 0 aromatic carbocycles. The van der Waals surface area contributed by atoms with E-state index in [9.17, 15) is 13.2 Å². The van der Waals surface area contributed by atoms with E-state index in [1.807, 2.05) is 0 Å². The molecule has 0 aromatic heterocycles. The Bertz CT molecular complexity index is 387. The van der Waals surface area contributed by atoms with E-state index in [-0.39, 0.29) is 12.8 Å². The summed E-state index contributed by atoms with van der Waals surface area (Å²) in [6.07, 6.45) is 1.38. The highest BCUT2D eigenvalue weighted by atomic mass is 32.2. The molecule has 0 aliphatic heterocycles. The fourth-order valence-electron chi connectivity index (χ4n) is 1.13. The van der Waals surface area contributed by atoms with Crippen molar-refractivity contribution in [2.75, 3.05) is 6.26 Å². The standard InChI is InChI=1S/C9H17NO5S/c1-4-7(10-13)5-6-9(2,8(11)12)16(3,14)15/h13H,4-6H2,1-3H3,(H,11,12)/t9-/m1/s1. The number of rotatable bonds is 6. The Morgan fingerprint density at radius 2 is 1.94 bits per heavy atom. The lowest BCUT2D eigenvalue weighted by Gasteiger charge is -2.22. The topological polar surface area (TPSA) is 104 Å². The minimum absolute atomic E-state index is 0.103. The van der Waals surface area contributed by atoms with Crippen LogP contribution in [0.2, 0.25) is 0 Å². The summed E-state index contributed by atoms with van der Waals surface area (Å²) in [6, 6.07) is 0. The smallest absolute Gasteiger partial charge is 0.324 e. The van der Waals surface area contributed by atoms with Crippen LogP contribution in [-0.4, -0.2) is 41.4 Å². The van der Waals surface area contributed by atoms with Crippen molar-refractivity contribution < 1.29 is 23.5 Å². The first kappa shape index (κ1) is 14.9. The van der Waals surface area contributed by atoms with E-state index in [2.05, 4.69) is 5.16 Å². The summed E-state index contributed by atoms with van der Waals surface area (Å²) in [7, 11) is -3.71. The molecule has 0 aromatic rings. The normalized spacial score (nSPS) is 16.8. The minimum Gasteiger partial charge on any atom is -0.480 e. The number of aliphatic carboxylic acids is 1. The Morgan fingerprint density at radius 3 is 2.19 bits per heavy atom. The third-order valence-electron chi connectivity index (χ3n) is 2.71. The Hall–Kier alpha value is -1.11. The zero-order valence-corrected chi connectivity index (χ0v) is 10.4. The Labute approximate surface area is 94.9 Å². The van der Waals surface area contributed by atoms with Gasteiger partial charge in [-0.15, -0.1) is 0 Å². The van der Waals surface area contributed by atoms with Crippen LogP contribution in [0.1, 0.15) is 33.1 Å². The quantitative estimate of drug-likeness (QED) is 0.414. The van der Waals surface area contributed by atoms with Crippen molar-refractivity contribution in [2.45, 2.75) is 37.9 Å². The average Bonchev–Trinajstić information content (AvgIpc) is 2.16. The molecular formula is C9H17NO5S. The Morgan fingerprint density at radius 1 is 1.44 bits per heavy atom. The molecule has 0 fully saturated rings. The van der Waals surface area contributed by atoms with Crippen molar-refractivity contribution in [3.8, 4) is 0 Å². The SMILES string of the molecule is CCC(CC[C@](C)(C(=O)O)S(C)(=O)=O)=NO. The molecular weight excluding hydrogens is 234 g/mol. The van der Waals surface area contributed by atoms with Crippen molar-refractivity contribution in [2.24, 2.45) is 5.16 Å². The summed E-state index contributed by atoms with van der Waals surface area (Å²) < 4.78 is 21.0. The number of hydrogen-bond donors (Lipinski definition) is 2. The van der Waals surface area contributed by atoms with Gasteiger partial charge in [-0.25, -0.2) is 8.42 Å². The summed E-state index contributed by atoms with van der Waals surface area (Å²) in [5.41, 5.74) is 0.385. The number of hydrogen-bond acceptors (Lipinski definition) is 5. The first-order valence-corrected chi connectivity index (χ1v) is 6.71. The van der Waals surface area contributed by atoms with Crippen LogP contribution < -0.4 is 0 Å². The van der Waals surface area contributed by atoms with Gasteiger partial charge >= 0.3 is 5.97 Å². The first-order valence-electron chi connectivity index (χ1n) is 4.81. The van der Waals surface area contributed by atoms with Gasteiger partial charge in [0.1, 0.15) is 0 Å². The molecule has 0 spiro atoms. The second-order valence-corrected chi connectivity index (χ2v) is 6.27. The van der Waals surface area contributed by atoms with Crippen LogP contribution >= 0.6 is 0 Å². The number of sulfone groups is 1. The molecule has 6 nitrogen and oxygen atoms in total. The number of nitrogens with zero attached hydrogens (tertiary/aromatic N) is 1. The van der Waals surface area contributed by atoms with E-state index in [4.69, 9.17) is 10.3 Å². The molecule has 1 atom stereocenters. The molecule has 16 heavy (non-hydrogen) atoms. The number of carbonyl (C=O) groups is 1. The lowest BCUT2D eigenvalue weighted by atomic mass is 10.0. The molecule has 0 amide bonds. The second-order valence-electron chi connectivity index (χ2n) is 3.83. The number of carboxylic acid groups (broad SMARTS) is 1. The molecule has 0 rings (SSSR count). The predicted molar refractivity (Wildman–Crippen MR) is 59.6 cm³/mol. The van der Waals surface area contributed by atoms with E-state index >= 15 is 0 Å². The average molecular weight is 251 g/mol. The van der Waals surface area contributed by atoms with Crippen LogP contribution in [0.3, 0.4) is 0 Å². The highest BCUT2D eigenvalue weighted by molar-refractivity contribution is 7.92.